The zero-order valence-corrected chi connectivity index (χ0v) is 20.6. The predicted octanol–water partition coefficient (Wildman–Crippen LogP) is 5.42. The van der Waals surface area contributed by atoms with E-state index in [4.69, 9.17) is 43.1 Å². The molecule has 8 nitrogen and oxygen atoms in total. The fourth-order valence-electron chi connectivity index (χ4n) is 3.21. The van der Waals surface area contributed by atoms with Crippen molar-refractivity contribution in [1.82, 2.24) is 4.98 Å². The van der Waals surface area contributed by atoms with Crippen LogP contribution in [0.25, 0.3) is 6.08 Å². The van der Waals surface area contributed by atoms with Crippen molar-refractivity contribution >= 4 is 58.1 Å². The van der Waals surface area contributed by atoms with E-state index >= 15 is 0 Å². The van der Waals surface area contributed by atoms with Crippen molar-refractivity contribution in [3.05, 3.63) is 64.3 Å². The Hall–Kier alpha value is -3.62. The Morgan fingerprint density at radius 1 is 1.06 bits per heavy atom. The van der Waals surface area contributed by atoms with Crippen LogP contribution in [-0.2, 0) is 4.79 Å². The lowest BCUT2D eigenvalue weighted by Crippen LogP contribution is -2.13. The molecule has 0 aliphatic carbocycles. The lowest BCUT2D eigenvalue weighted by molar-refractivity contribution is -0.111. The number of nitrogen functional groups attached to an aromatic ring is 1. The molecule has 0 bridgehead atoms. The summed E-state index contributed by atoms with van der Waals surface area (Å²) < 4.78 is 16.3. The molecule has 0 aliphatic heterocycles. The highest BCUT2D eigenvalue weighted by Crippen LogP contribution is 2.42. The minimum absolute atomic E-state index is 0.289. The van der Waals surface area contributed by atoms with E-state index < -0.39 is 5.91 Å². The molecular formula is C24H24Cl2N4O4. The van der Waals surface area contributed by atoms with E-state index in [9.17, 15) is 4.79 Å². The highest BCUT2D eigenvalue weighted by atomic mass is 35.5. The van der Waals surface area contributed by atoms with Crippen molar-refractivity contribution in [2.75, 3.05) is 44.3 Å². The van der Waals surface area contributed by atoms with Crippen LogP contribution in [0.15, 0.2) is 48.7 Å². The summed E-state index contributed by atoms with van der Waals surface area (Å²) in [4.78, 5) is 18.8. The summed E-state index contributed by atoms with van der Waals surface area (Å²) in [6, 6.07) is 10.2. The van der Waals surface area contributed by atoms with E-state index in [-0.39, 0.29) is 5.02 Å². The molecule has 2 aromatic carbocycles. The first-order valence-corrected chi connectivity index (χ1v) is 10.8. The number of benzene rings is 2. The maximum absolute atomic E-state index is 12.5. The molecule has 0 unspecified atom stereocenters. The highest BCUT2D eigenvalue weighted by molar-refractivity contribution is 6.42. The van der Waals surface area contributed by atoms with Gasteiger partial charge in [0.05, 0.1) is 42.7 Å². The molecule has 34 heavy (non-hydrogen) atoms. The maximum Gasteiger partial charge on any atom is 0.248 e. The van der Waals surface area contributed by atoms with Gasteiger partial charge in [-0.05, 0) is 30.3 Å². The van der Waals surface area contributed by atoms with Gasteiger partial charge in [0.15, 0.2) is 11.5 Å². The third-order valence-corrected chi connectivity index (χ3v) is 5.66. The Kier molecular flexibility index (Phi) is 8.09. The van der Waals surface area contributed by atoms with Crippen molar-refractivity contribution in [2.24, 2.45) is 0 Å². The third-order valence-electron chi connectivity index (χ3n) is 4.94. The number of amides is 1. The standard InChI is InChI=1S/C24H24Cl2N4O4/c1-30(15-10-20(32-2)23(34-4)21(11-15)33-3)24-14(6-5-9-28-24)7-8-22(31)29-19-13-17(26)16(25)12-18(19)27/h5-13H,27H2,1-4H3,(H,29,31)/b8-7+. The second kappa shape index (κ2) is 11.0. The number of nitrogens with zero attached hydrogens (tertiary/aromatic N) is 2. The number of carbonyl (C=O) groups is 1. The molecule has 0 saturated heterocycles. The Labute approximate surface area is 207 Å². The second-order valence-corrected chi connectivity index (χ2v) is 7.85. The van der Waals surface area contributed by atoms with Crippen LogP contribution >= 0.6 is 23.2 Å². The van der Waals surface area contributed by atoms with E-state index in [1.165, 1.54) is 18.2 Å². The van der Waals surface area contributed by atoms with E-state index in [2.05, 4.69) is 10.3 Å². The number of aromatic nitrogens is 1. The number of halogens is 2. The maximum atomic E-state index is 12.5. The molecule has 1 heterocycles. The van der Waals surface area contributed by atoms with Crippen LogP contribution in [0, 0.1) is 0 Å². The number of anilines is 4. The van der Waals surface area contributed by atoms with Crippen molar-refractivity contribution in [2.45, 2.75) is 0 Å². The normalized spacial score (nSPS) is 10.8. The first-order chi connectivity index (χ1) is 16.3. The second-order valence-electron chi connectivity index (χ2n) is 7.03. The molecule has 0 spiro atoms. The topological polar surface area (TPSA) is 98.9 Å². The third kappa shape index (κ3) is 5.47. The fraction of sp³-hybridized carbons (Fsp3) is 0.167. The van der Waals surface area contributed by atoms with Crippen LogP contribution < -0.4 is 30.2 Å². The number of nitrogens with one attached hydrogen (secondary N) is 1. The van der Waals surface area contributed by atoms with Gasteiger partial charge in [-0.25, -0.2) is 4.98 Å². The molecule has 0 radical (unpaired) electrons. The van der Waals surface area contributed by atoms with Crippen LogP contribution in [-0.4, -0.2) is 39.3 Å². The van der Waals surface area contributed by atoms with Gasteiger partial charge in [0.1, 0.15) is 5.82 Å². The Morgan fingerprint density at radius 3 is 2.32 bits per heavy atom. The molecule has 10 heteroatoms. The predicted molar refractivity (Wildman–Crippen MR) is 137 cm³/mol. The summed E-state index contributed by atoms with van der Waals surface area (Å²) in [6.07, 6.45) is 4.70. The Bertz CT molecular complexity index is 1210. The van der Waals surface area contributed by atoms with Crippen molar-refractivity contribution in [3.8, 4) is 17.2 Å². The van der Waals surface area contributed by atoms with E-state index in [1.807, 2.05) is 30.1 Å². The number of hydrogen-bond acceptors (Lipinski definition) is 7. The number of pyridine rings is 1. The summed E-state index contributed by atoms with van der Waals surface area (Å²) in [5.74, 6) is 1.72. The average molecular weight is 503 g/mol. The molecule has 3 rings (SSSR count). The van der Waals surface area contributed by atoms with Crippen molar-refractivity contribution < 1.29 is 19.0 Å². The molecule has 0 atom stereocenters. The minimum Gasteiger partial charge on any atom is -0.493 e. The van der Waals surface area contributed by atoms with Gasteiger partial charge in [0.2, 0.25) is 11.7 Å². The summed E-state index contributed by atoms with van der Waals surface area (Å²) >= 11 is 12.0. The van der Waals surface area contributed by atoms with Gasteiger partial charge in [0.25, 0.3) is 0 Å². The van der Waals surface area contributed by atoms with Gasteiger partial charge in [-0.1, -0.05) is 23.2 Å². The largest absolute Gasteiger partial charge is 0.493 e. The first kappa shape index (κ1) is 25.0. The smallest absolute Gasteiger partial charge is 0.248 e. The molecule has 3 N–H and O–H groups in total. The zero-order chi connectivity index (χ0) is 24.8. The van der Waals surface area contributed by atoms with Crippen LogP contribution in [0.3, 0.4) is 0 Å². The molecule has 1 aromatic heterocycles. The summed E-state index contributed by atoms with van der Waals surface area (Å²) in [5, 5.41) is 3.29. The van der Waals surface area contributed by atoms with Gasteiger partial charge >= 0.3 is 0 Å². The summed E-state index contributed by atoms with van der Waals surface area (Å²) in [5.41, 5.74) is 8.04. The highest BCUT2D eigenvalue weighted by Gasteiger charge is 2.17. The number of methoxy groups -OCH3 is 3. The van der Waals surface area contributed by atoms with Crippen LogP contribution in [0.4, 0.5) is 22.9 Å². The number of hydrogen-bond donors (Lipinski definition) is 2. The number of ether oxygens (including phenoxy) is 3. The number of carbonyl (C=O) groups excluding carboxylic acids is 1. The Balaban J connectivity index is 1.88. The zero-order valence-electron chi connectivity index (χ0n) is 19.1. The van der Waals surface area contributed by atoms with E-state index in [0.29, 0.717) is 45.0 Å². The van der Waals surface area contributed by atoms with Crippen LogP contribution in [0.5, 0.6) is 17.2 Å². The summed E-state index contributed by atoms with van der Waals surface area (Å²) in [6.45, 7) is 0. The van der Waals surface area contributed by atoms with E-state index in [0.717, 1.165) is 5.69 Å². The lowest BCUT2D eigenvalue weighted by atomic mass is 10.2. The molecule has 0 fully saturated rings. The quantitative estimate of drug-likeness (QED) is 0.313. The number of rotatable bonds is 8. The molecular weight excluding hydrogens is 479 g/mol. The monoisotopic (exact) mass is 502 g/mol. The average Bonchev–Trinajstić information content (AvgIpc) is 2.84. The van der Waals surface area contributed by atoms with E-state index in [1.54, 1.807) is 39.7 Å². The van der Waals surface area contributed by atoms with Crippen molar-refractivity contribution in [3.63, 3.8) is 0 Å². The molecule has 3 aromatic rings. The fourth-order valence-corrected chi connectivity index (χ4v) is 3.55. The first-order valence-electron chi connectivity index (χ1n) is 10.0. The molecule has 178 valence electrons. The van der Waals surface area contributed by atoms with Crippen LogP contribution in [0.1, 0.15) is 5.56 Å². The van der Waals surface area contributed by atoms with Crippen molar-refractivity contribution in [1.29, 1.82) is 0 Å². The minimum atomic E-state index is -0.393. The summed E-state index contributed by atoms with van der Waals surface area (Å²) in [7, 11) is 6.49. The number of nitrogens with two attached hydrogens (primary N) is 1. The Morgan fingerprint density at radius 2 is 1.71 bits per heavy atom. The van der Waals surface area contributed by atoms with Gasteiger partial charge in [-0.15, -0.1) is 0 Å². The SMILES string of the molecule is COc1cc(N(C)c2ncccc2/C=C/C(=O)Nc2cc(Cl)c(Cl)cc2N)cc(OC)c1OC. The van der Waals surface area contributed by atoms with Gasteiger partial charge in [-0.2, -0.15) is 0 Å². The lowest BCUT2D eigenvalue weighted by Gasteiger charge is -2.22. The molecule has 1 amide bonds. The molecule has 0 aliphatic rings. The van der Waals surface area contributed by atoms with Gasteiger partial charge in [-0.3, -0.25) is 4.79 Å². The van der Waals surface area contributed by atoms with Gasteiger partial charge < -0.3 is 30.2 Å². The van der Waals surface area contributed by atoms with Crippen LogP contribution in [0.2, 0.25) is 10.0 Å². The van der Waals surface area contributed by atoms with Gasteiger partial charge in [0, 0.05) is 42.7 Å². The molecule has 0 saturated carbocycles.